The van der Waals surface area contributed by atoms with Crippen molar-refractivity contribution in [2.75, 3.05) is 19.6 Å². The number of benzene rings is 1. The van der Waals surface area contributed by atoms with Gasteiger partial charge >= 0.3 is 0 Å². The van der Waals surface area contributed by atoms with Gasteiger partial charge < -0.3 is 9.73 Å². The highest BCUT2D eigenvalue weighted by Gasteiger charge is 2.24. The van der Waals surface area contributed by atoms with Crippen LogP contribution in [0.2, 0.25) is 0 Å². The van der Waals surface area contributed by atoms with Crippen molar-refractivity contribution in [1.82, 2.24) is 20.4 Å². The molecule has 3 rings (SSSR count). The third-order valence-electron chi connectivity index (χ3n) is 5.04. The first kappa shape index (κ1) is 18.6. The lowest BCUT2D eigenvalue weighted by atomic mass is 9.95. The molecule has 0 aliphatic carbocycles. The van der Waals surface area contributed by atoms with Gasteiger partial charge in [-0.2, -0.15) is 0 Å². The molecule has 1 aliphatic rings. The smallest absolute Gasteiger partial charge is 0.224 e. The summed E-state index contributed by atoms with van der Waals surface area (Å²) in [6.07, 6.45) is 4.13. The maximum absolute atomic E-state index is 12.6. The Bertz CT molecular complexity index is 695. The summed E-state index contributed by atoms with van der Waals surface area (Å²) < 4.78 is 5.61. The van der Waals surface area contributed by atoms with Crippen molar-refractivity contribution in [2.24, 2.45) is 0 Å². The van der Waals surface area contributed by atoms with Crippen LogP contribution >= 0.6 is 0 Å². The number of carbonyl (C=O) groups excluding carboxylic acids is 1. The van der Waals surface area contributed by atoms with Crippen LogP contribution in [0.25, 0.3) is 0 Å². The van der Waals surface area contributed by atoms with Crippen LogP contribution in [0.15, 0.2) is 34.7 Å². The molecule has 0 saturated carbocycles. The molecule has 2 unspecified atom stereocenters. The fourth-order valence-electron chi connectivity index (χ4n) is 3.49. The van der Waals surface area contributed by atoms with Crippen LogP contribution in [-0.2, 0) is 4.79 Å². The van der Waals surface area contributed by atoms with E-state index in [0.29, 0.717) is 30.8 Å². The molecule has 1 aliphatic heterocycles. The number of hydrogen-bond donors (Lipinski definition) is 1. The van der Waals surface area contributed by atoms with Crippen LogP contribution in [-0.4, -0.2) is 46.7 Å². The Morgan fingerprint density at radius 2 is 1.92 bits per heavy atom. The lowest BCUT2D eigenvalue weighted by Gasteiger charge is -2.32. The van der Waals surface area contributed by atoms with Gasteiger partial charge in [-0.05, 0) is 38.4 Å². The number of nitrogens with one attached hydrogen (secondary N) is 1. The Hall–Kier alpha value is -2.21. The van der Waals surface area contributed by atoms with Crippen LogP contribution in [0.3, 0.4) is 0 Å². The molecule has 2 aromatic rings. The molecule has 140 valence electrons. The molecule has 0 spiro atoms. The molecule has 6 nitrogen and oxygen atoms in total. The number of piperidine rings is 1. The highest BCUT2D eigenvalue weighted by Crippen LogP contribution is 2.26. The average Bonchev–Trinajstić information content (AvgIpc) is 3.11. The number of hydrogen-bond acceptors (Lipinski definition) is 5. The normalized spacial score (nSPS) is 17.6. The Morgan fingerprint density at radius 1 is 1.19 bits per heavy atom. The highest BCUT2D eigenvalue weighted by atomic mass is 16.4. The summed E-state index contributed by atoms with van der Waals surface area (Å²) in [5.41, 5.74) is 1.01. The van der Waals surface area contributed by atoms with E-state index in [-0.39, 0.29) is 11.8 Å². The molecule has 0 bridgehead atoms. The zero-order chi connectivity index (χ0) is 18.4. The van der Waals surface area contributed by atoms with Crippen molar-refractivity contribution in [1.29, 1.82) is 0 Å². The zero-order valence-electron chi connectivity index (χ0n) is 15.6. The molecular weight excluding hydrogens is 328 g/mol. The number of rotatable bonds is 7. The lowest BCUT2D eigenvalue weighted by molar-refractivity contribution is -0.121. The first-order valence-corrected chi connectivity index (χ1v) is 9.49. The van der Waals surface area contributed by atoms with Gasteiger partial charge in [0.15, 0.2) is 0 Å². The minimum atomic E-state index is -0.220. The van der Waals surface area contributed by atoms with E-state index in [1.807, 2.05) is 30.3 Å². The Kier molecular flexibility index (Phi) is 6.39. The van der Waals surface area contributed by atoms with Gasteiger partial charge in [0, 0.05) is 25.9 Å². The van der Waals surface area contributed by atoms with Gasteiger partial charge in [0.1, 0.15) is 0 Å². The van der Waals surface area contributed by atoms with E-state index in [4.69, 9.17) is 4.42 Å². The summed E-state index contributed by atoms with van der Waals surface area (Å²) >= 11 is 0. The van der Waals surface area contributed by atoms with E-state index < -0.39 is 0 Å². The summed E-state index contributed by atoms with van der Waals surface area (Å²) in [6, 6.07) is 10.2. The van der Waals surface area contributed by atoms with E-state index in [1.165, 1.54) is 19.3 Å². The molecule has 1 amide bonds. The predicted molar refractivity (Wildman–Crippen MR) is 99.8 cm³/mol. The van der Waals surface area contributed by atoms with Crippen molar-refractivity contribution in [3.63, 3.8) is 0 Å². The molecular formula is C20H28N4O2. The van der Waals surface area contributed by atoms with Gasteiger partial charge in [-0.15, -0.1) is 10.2 Å². The molecule has 1 saturated heterocycles. The predicted octanol–water partition coefficient (Wildman–Crippen LogP) is 2.89. The second-order valence-electron chi connectivity index (χ2n) is 7.08. The van der Waals surface area contributed by atoms with Crippen LogP contribution in [0.5, 0.6) is 0 Å². The summed E-state index contributed by atoms with van der Waals surface area (Å²) in [4.78, 5) is 15.0. The third-order valence-corrected chi connectivity index (χ3v) is 5.04. The first-order valence-electron chi connectivity index (χ1n) is 9.49. The first-order chi connectivity index (χ1) is 12.6. The number of amides is 1. The Labute approximate surface area is 155 Å². The molecule has 1 aromatic heterocycles. The summed E-state index contributed by atoms with van der Waals surface area (Å²) in [7, 11) is 0. The van der Waals surface area contributed by atoms with Crippen molar-refractivity contribution < 1.29 is 9.21 Å². The van der Waals surface area contributed by atoms with Crippen molar-refractivity contribution >= 4 is 5.91 Å². The van der Waals surface area contributed by atoms with Crippen molar-refractivity contribution in [3.8, 4) is 0 Å². The van der Waals surface area contributed by atoms with Crippen molar-refractivity contribution in [3.05, 3.63) is 47.7 Å². The second-order valence-corrected chi connectivity index (χ2v) is 7.08. The van der Waals surface area contributed by atoms with Gasteiger partial charge in [-0.3, -0.25) is 9.69 Å². The molecule has 26 heavy (non-hydrogen) atoms. The molecule has 6 heteroatoms. The number of likely N-dealkylation sites (tertiary alicyclic amines) is 1. The van der Waals surface area contributed by atoms with Gasteiger partial charge in [0.05, 0.1) is 5.92 Å². The maximum atomic E-state index is 12.6. The van der Waals surface area contributed by atoms with E-state index in [1.54, 1.807) is 6.92 Å². The molecule has 1 N–H and O–H groups in total. The monoisotopic (exact) mass is 356 g/mol. The second kappa shape index (κ2) is 8.94. The van der Waals surface area contributed by atoms with Gasteiger partial charge in [0.25, 0.3) is 0 Å². The Balaban J connectivity index is 1.60. The SMILES string of the molecule is Cc1nnc(C(CC(=O)NCC(C)N2CCCCC2)c2ccccc2)o1. The minimum absolute atomic E-state index is 0.0126. The maximum Gasteiger partial charge on any atom is 0.224 e. The summed E-state index contributed by atoms with van der Waals surface area (Å²) in [5.74, 6) is 0.800. The Morgan fingerprint density at radius 3 is 2.58 bits per heavy atom. The summed E-state index contributed by atoms with van der Waals surface area (Å²) in [6.45, 7) is 6.87. The largest absolute Gasteiger partial charge is 0.425 e. The van der Waals surface area contributed by atoms with E-state index in [0.717, 1.165) is 18.7 Å². The highest BCUT2D eigenvalue weighted by molar-refractivity contribution is 5.77. The summed E-state index contributed by atoms with van der Waals surface area (Å²) in [5, 5.41) is 11.1. The fourth-order valence-corrected chi connectivity index (χ4v) is 3.49. The van der Waals surface area contributed by atoms with Crippen molar-refractivity contribution in [2.45, 2.75) is 51.5 Å². The van der Waals surface area contributed by atoms with Gasteiger partial charge in [-0.1, -0.05) is 36.8 Å². The molecule has 2 atom stereocenters. The van der Waals surface area contributed by atoms with E-state index in [2.05, 4.69) is 27.3 Å². The van der Waals surface area contributed by atoms with Gasteiger partial charge in [-0.25, -0.2) is 0 Å². The quantitative estimate of drug-likeness (QED) is 0.826. The topological polar surface area (TPSA) is 71.3 Å². The lowest BCUT2D eigenvalue weighted by Crippen LogP contribution is -2.44. The molecule has 1 aromatic carbocycles. The fraction of sp³-hybridized carbons (Fsp3) is 0.550. The third kappa shape index (κ3) is 4.91. The number of aromatic nitrogens is 2. The molecule has 0 radical (unpaired) electrons. The van der Waals surface area contributed by atoms with Crippen LogP contribution in [0.1, 0.15) is 55.9 Å². The van der Waals surface area contributed by atoms with E-state index >= 15 is 0 Å². The van der Waals surface area contributed by atoms with Crippen LogP contribution in [0.4, 0.5) is 0 Å². The van der Waals surface area contributed by atoms with E-state index in [9.17, 15) is 4.79 Å². The number of nitrogens with zero attached hydrogens (tertiary/aromatic N) is 3. The standard InChI is InChI=1S/C20H28N4O2/c1-15(24-11-7-4-8-12-24)14-21-19(25)13-18(17-9-5-3-6-10-17)20-23-22-16(2)26-20/h3,5-6,9-10,15,18H,4,7-8,11-14H2,1-2H3,(H,21,25). The number of aryl methyl sites for hydroxylation is 1. The zero-order valence-corrected chi connectivity index (χ0v) is 15.6. The average molecular weight is 356 g/mol. The van der Waals surface area contributed by atoms with Gasteiger partial charge in [0.2, 0.25) is 17.7 Å². The van der Waals surface area contributed by atoms with Crippen LogP contribution in [0, 0.1) is 6.92 Å². The molecule has 1 fully saturated rings. The molecule has 2 heterocycles. The number of carbonyl (C=O) groups is 1. The van der Waals surface area contributed by atoms with Crippen LogP contribution < -0.4 is 5.32 Å². The minimum Gasteiger partial charge on any atom is -0.425 e.